The number of nitrogens with zero attached hydrogens (tertiary/aromatic N) is 1. The molecule has 0 aromatic carbocycles. The van der Waals surface area contributed by atoms with Gasteiger partial charge < -0.3 is 14.8 Å². The second-order valence-corrected chi connectivity index (χ2v) is 4.82. The summed E-state index contributed by atoms with van der Waals surface area (Å²) in [5.74, 6) is 0. The molecular weight excluding hydrogens is 224 g/mol. The van der Waals surface area contributed by atoms with Crippen molar-refractivity contribution in [2.75, 3.05) is 32.9 Å². The monoisotopic (exact) mass is 242 g/mol. The van der Waals surface area contributed by atoms with Crippen LogP contribution in [0.3, 0.4) is 0 Å². The Morgan fingerprint density at radius 1 is 1.56 bits per heavy atom. The molecule has 5 heteroatoms. The second kappa shape index (κ2) is 6.30. The number of nitrogens with one attached hydrogen (secondary N) is 1. The fourth-order valence-corrected chi connectivity index (χ4v) is 2.47. The fraction of sp³-hybridized carbons (Fsp3) is 0.727. The van der Waals surface area contributed by atoms with E-state index in [1.165, 1.54) is 4.88 Å². The normalized spacial score (nSPS) is 21.2. The molecule has 0 saturated carbocycles. The van der Waals surface area contributed by atoms with Crippen LogP contribution in [0.4, 0.5) is 0 Å². The van der Waals surface area contributed by atoms with E-state index >= 15 is 0 Å². The summed E-state index contributed by atoms with van der Waals surface area (Å²) in [4.78, 5) is 5.60. The van der Waals surface area contributed by atoms with E-state index in [1.807, 2.05) is 5.51 Å². The third-order valence-corrected chi connectivity index (χ3v) is 3.63. The first-order valence-corrected chi connectivity index (χ1v) is 6.53. The topological polar surface area (TPSA) is 43.4 Å². The van der Waals surface area contributed by atoms with Crippen molar-refractivity contribution in [3.63, 3.8) is 0 Å². The van der Waals surface area contributed by atoms with Gasteiger partial charge in [0.25, 0.3) is 0 Å². The first kappa shape index (κ1) is 12.0. The third kappa shape index (κ3) is 3.52. The van der Waals surface area contributed by atoms with Crippen LogP contribution in [0.2, 0.25) is 0 Å². The molecule has 1 aromatic heterocycles. The molecule has 1 aliphatic rings. The van der Waals surface area contributed by atoms with Crippen LogP contribution in [-0.2, 0) is 15.9 Å². The highest BCUT2D eigenvalue weighted by Crippen LogP contribution is 2.11. The van der Waals surface area contributed by atoms with E-state index in [0.717, 1.165) is 38.4 Å². The Labute approximate surface area is 100.0 Å². The summed E-state index contributed by atoms with van der Waals surface area (Å²) in [6.45, 7) is 6.08. The molecule has 0 aliphatic carbocycles. The van der Waals surface area contributed by atoms with Crippen molar-refractivity contribution in [3.05, 3.63) is 16.1 Å². The van der Waals surface area contributed by atoms with E-state index in [9.17, 15) is 0 Å². The zero-order chi connectivity index (χ0) is 11.2. The van der Waals surface area contributed by atoms with Crippen molar-refractivity contribution in [2.24, 2.45) is 0 Å². The van der Waals surface area contributed by atoms with Crippen LogP contribution in [0.1, 0.15) is 10.6 Å². The number of ether oxygens (including phenoxy) is 2. The molecule has 1 unspecified atom stereocenters. The zero-order valence-electron chi connectivity index (χ0n) is 9.57. The summed E-state index contributed by atoms with van der Waals surface area (Å²) in [6.07, 6.45) is 1.26. The Bertz CT molecular complexity index is 311. The van der Waals surface area contributed by atoms with Crippen LogP contribution in [0, 0.1) is 6.92 Å². The minimum Gasteiger partial charge on any atom is -0.376 e. The van der Waals surface area contributed by atoms with Crippen molar-refractivity contribution < 1.29 is 9.47 Å². The van der Waals surface area contributed by atoms with Crippen molar-refractivity contribution in [1.82, 2.24) is 10.3 Å². The molecule has 4 nitrogen and oxygen atoms in total. The Balaban J connectivity index is 1.59. The maximum atomic E-state index is 5.54. The Morgan fingerprint density at radius 2 is 2.50 bits per heavy atom. The summed E-state index contributed by atoms with van der Waals surface area (Å²) >= 11 is 1.73. The summed E-state index contributed by atoms with van der Waals surface area (Å²) in [7, 11) is 0. The minimum atomic E-state index is 0.219. The van der Waals surface area contributed by atoms with Gasteiger partial charge in [0.1, 0.15) is 0 Å². The lowest BCUT2D eigenvalue weighted by molar-refractivity contribution is -0.0862. The van der Waals surface area contributed by atoms with Crippen LogP contribution in [0.15, 0.2) is 5.51 Å². The highest BCUT2D eigenvalue weighted by Gasteiger charge is 2.13. The Hall–Kier alpha value is -0.490. The third-order valence-electron chi connectivity index (χ3n) is 2.63. The van der Waals surface area contributed by atoms with Crippen LogP contribution in [0.25, 0.3) is 0 Å². The van der Waals surface area contributed by atoms with Gasteiger partial charge in [-0.2, -0.15) is 0 Å². The molecular formula is C11H18N2O2S. The molecule has 1 aliphatic heterocycles. The van der Waals surface area contributed by atoms with Gasteiger partial charge in [-0.25, -0.2) is 4.98 Å². The molecule has 1 fully saturated rings. The van der Waals surface area contributed by atoms with Crippen LogP contribution in [-0.4, -0.2) is 44.0 Å². The number of aromatic nitrogens is 1. The lowest BCUT2D eigenvalue weighted by Gasteiger charge is -2.23. The quantitative estimate of drug-likeness (QED) is 0.782. The Morgan fingerprint density at radius 3 is 3.19 bits per heavy atom. The highest BCUT2D eigenvalue weighted by atomic mass is 32.1. The molecule has 0 amide bonds. The molecule has 1 N–H and O–H groups in total. The van der Waals surface area contributed by atoms with Crippen molar-refractivity contribution >= 4 is 11.3 Å². The second-order valence-electron chi connectivity index (χ2n) is 3.88. The largest absolute Gasteiger partial charge is 0.376 e. The smallest absolute Gasteiger partial charge is 0.0933 e. The lowest BCUT2D eigenvalue weighted by Crippen LogP contribution is -2.38. The van der Waals surface area contributed by atoms with Gasteiger partial charge in [0.2, 0.25) is 0 Å². The van der Waals surface area contributed by atoms with Crippen LogP contribution >= 0.6 is 11.3 Å². The molecule has 2 heterocycles. The summed E-state index contributed by atoms with van der Waals surface area (Å²) in [6, 6.07) is 0. The average Bonchev–Trinajstić information content (AvgIpc) is 2.72. The van der Waals surface area contributed by atoms with Gasteiger partial charge in [0, 0.05) is 18.0 Å². The number of thiazole rings is 1. The van der Waals surface area contributed by atoms with Gasteiger partial charge in [-0.1, -0.05) is 0 Å². The maximum Gasteiger partial charge on any atom is 0.0933 e. The standard InChI is InChI=1S/C11H18N2O2S/c1-9-11(16-8-13-9)2-3-12-6-10-7-14-4-5-15-10/h8,10,12H,2-7H2,1H3. The van der Waals surface area contributed by atoms with Crippen LogP contribution < -0.4 is 5.32 Å². The molecule has 16 heavy (non-hydrogen) atoms. The number of hydrogen-bond acceptors (Lipinski definition) is 5. The van der Waals surface area contributed by atoms with Gasteiger partial charge in [0.15, 0.2) is 0 Å². The number of rotatable bonds is 5. The minimum absolute atomic E-state index is 0.219. The SMILES string of the molecule is Cc1ncsc1CCNCC1COCCO1. The van der Waals surface area contributed by atoms with Gasteiger partial charge in [-0.3, -0.25) is 0 Å². The molecule has 0 bridgehead atoms. The molecule has 2 rings (SSSR count). The molecule has 0 spiro atoms. The average molecular weight is 242 g/mol. The Kier molecular flexibility index (Phi) is 4.71. The summed E-state index contributed by atoms with van der Waals surface area (Å²) < 4.78 is 10.9. The predicted octanol–water partition coefficient (Wildman–Crippen LogP) is 0.999. The fourth-order valence-electron chi connectivity index (χ4n) is 1.69. The van der Waals surface area contributed by atoms with Gasteiger partial charge in [-0.05, 0) is 13.3 Å². The predicted molar refractivity (Wildman–Crippen MR) is 64.0 cm³/mol. The number of hydrogen-bond donors (Lipinski definition) is 1. The van der Waals surface area contributed by atoms with Gasteiger partial charge in [-0.15, -0.1) is 11.3 Å². The summed E-state index contributed by atoms with van der Waals surface area (Å²) in [5, 5.41) is 3.39. The van der Waals surface area contributed by atoms with Crippen molar-refractivity contribution in [3.8, 4) is 0 Å². The van der Waals surface area contributed by atoms with E-state index in [-0.39, 0.29) is 6.10 Å². The zero-order valence-corrected chi connectivity index (χ0v) is 10.4. The molecule has 90 valence electrons. The van der Waals surface area contributed by atoms with E-state index < -0.39 is 0 Å². The lowest BCUT2D eigenvalue weighted by atomic mass is 10.3. The van der Waals surface area contributed by atoms with Crippen LogP contribution in [0.5, 0.6) is 0 Å². The van der Waals surface area contributed by atoms with Crippen molar-refractivity contribution in [1.29, 1.82) is 0 Å². The van der Waals surface area contributed by atoms with E-state index in [4.69, 9.17) is 9.47 Å². The number of aryl methyl sites for hydroxylation is 1. The molecule has 1 aromatic rings. The van der Waals surface area contributed by atoms with E-state index in [0.29, 0.717) is 6.61 Å². The van der Waals surface area contributed by atoms with Crippen molar-refractivity contribution in [2.45, 2.75) is 19.4 Å². The van der Waals surface area contributed by atoms with Gasteiger partial charge >= 0.3 is 0 Å². The first-order valence-electron chi connectivity index (χ1n) is 5.65. The summed E-state index contributed by atoms with van der Waals surface area (Å²) in [5.41, 5.74) is 3.06. The van der Waals surface area contributed by atoms with E-state index in [2.05, 4.69) is 17.2 Å². The molecule has 1 atom stereocenters. The van der Waals surface area contributed by atoms with Gasteiger partial charge in [0.05, 0.1) is 37.1 Å². The molecule has 1 saturated heterocycles. The molecule has 0 radical (unpaired) electrons. The highest BCUT2D eigenvalue weighted by molar-refractivity contribution is 7.09. The maximum absolute atomic E-state index is 5.54. The van der Waals surface area contributed by atoms with E-state index in [1.54, 1.807) is 11.3 Å². The first-order chi connectivity index (χ1) is 7.86.